The van der Waals surface area contributed by atoms with Crippen LogP contribution >= 0.6 is 0 Å². The first kappa shape index (κ1) is 18.4. The Morgan fingerprint density at radius 2 is 1.90 bits per heavy atom. The van der Waals surface area contributed by atoms with Crippen LogP contribution in [-0.4, -0.2) is 32.3 Å². The molecule has 0 bridgehead atoms. The number of carbonyl (C=O) groups is 2. The van der Waals surface area contributed by atoms with Crippen molar-refractivity contribution >= 4 is 33.1 Å². The first-order valence-electron chi connectivity index (χ1n) is 5.45. The first-order chi connectivity index (χ1) is 9.40. The van der Waals surface area contributed by atoms with Crippen LogP contribution in [-0.2, 0) is 14.9 Å². The number of benzene rings is 2. The summed E-state index contributed by atoms with van der Waals surface area (Å²) < 4.78 is 38.3. The van der Waals surface area contributed by atoms with Crippen LogP contribution in [0.2, 0.25) is 0 Å². The van der Waals surface area contributed by atoms with Crippen LogP contribution in [0.5, 0.6) is 0 Å². The van der Waals surface area contributed by atoms with Gasteiger partial charge >= 0.3 is 57.4 Å². The second-order valence-electron chi connectivity index (χ2n) is 3.94. The maximum Gasteiger partial charge on any atom is 1.00 e. The summed E-state index contributed by atoms with van der Waals surface area (Å²) in [4.78, 5) is 22.3. The second-order valence-corrected chi connectivity index (χ2v) is 5.29. The minimum atomic E-state index is -4.72. The van der Waals surface area contributed by atoms with Crippen molar-refractivity contribution in [1.82, 2.24) is 0 Å². The molecule has 6 nitrogen and oxygen atoms in total. The van der Waals surface area contributed by atoms with Crippen molar-refractivity contribution in [2.45, 2.75) is 4.90 Å². The number of rotatable bonds is 3. The maximum absolute atomic E-state index is 11.7. The van der Waals surface area contributed by atoms with E-state index in [1.54, 1.807) is 0 Å². The number of hydrogen-bond donors (Lipinski definition) is 0. The van der Waals surface area contributed by atoms with Crippen molar-refractivity contribution in [3.63, 3.8) is 0 Å². The molecular formula is C13H9KO6S. The Balaban J connectivity index is 0.00000220. The summed E-state index contributed by atoms with van der Waals surface area (Å²) in [5.41, 5.74) is 0.131. The fourth-order valence-electron chi connectivity index (χ4n) is 2.00. The predicted molar refractivity (Wildman–Crippen MR) is 68.6 cm³/mol. The number of fused-ring (bicyclic) bond motifs is 1. The maximum atomic E-state index is 11.7. The largest absolute Gasteiger partial charge is 1.00 e. The summed E-state index contributed by atoms with van der Waals surface area (Å²) in [7, 11) is -3.56. The Labute approximate surface area is 163 Å². The normalized spacial score (nSPS) is 10.8. The van der Waals surface area contributed by atoms with Crippen LogP contribution in [0.25, 0.3) is 10.8 Å². The van der Waals surface area contributed by atoms with Crippen molar-refractivity contribution in [1.29, 1.82) is 0 Å². The van der Waals surface area contributed by atoms with Crippen molar-refractivity contribution < 1.29 is 78.7 Å². The molecule has 0 aliphatic carbocycles. The van der Waals surface area contributed by atoms with E-state index in [-0.39, 0.29) is 73.3 Å². The van der Waals surface area contributed by atoms with E-state index in [1.807, 2.05) is 0 Å². The number of methoxy groups -OCH3 is 1. The molecule has 0 spiro atoms. The molecule has 0 fully saturated rings. The molecular weight excluding hydrogens is 323 g/mol. The molecule has 0 atom stereocenters. The van der Waals surface area contributed by atoms with Gasteiger partial charge in [-0.15, -0.1) is 0 Å². The molecule has 0 unspecified atom stereocenters. The molecule has 0 N–H and O–H groups in total. The number of esters is 1. The molecule has 0 saturated heterocycles. The van der Waals surface area contributed by atoms with Crippen molar-refractivity contribution in [2.75, 3.05) is 7.11 Å². The molecule has 21 heavy (non-hydrogen) atoms. The van der Waals surface area contributed by atoms with Gasteiger partial charge in [0.1, 0.15) is 10.1 Å². The Hall–Kier alpha value is -0.614. The van der Waals surface area contributed by atoms with Crippen LogP contribution in [0, 0.1) is 0 Å². The average molecular weight is 332 g/mol. The van der Waals surface area contributed by atoms with E-state index in [2.05, 4.69) is 4.74 Å². The van der Waals surface area contributed by atoms with Gasteiger partial charge in [-0.2, -0.15) is 0 Å². The average Bonchev–Trinajstić information content (AvgIpc) is 2.43. The fourth-order valence-corrected chi connectivity index (χ4v) is 2.68. The summed E-state index contributed by atoms with van der Waals surface area (Å²) in [6.45, 7) is 0. The zero-order chi connectivity index (χ0) is 14.9. The number of carbonyl (C=O) groups excluding carboxylic acids is 2. The van der Waals surface area contributed by atoms with Gasteiger partial charge in [0, 0.05) is 16.3 Å². The third-order valence-electron chi connectivity index (χ3n) is 2.83. The minimum Gasteiger partial charge on any atom is -0.744 e. The molecule has 2 rings (SSSR count). The molecule has 104 valence electrons. The molecule has 0 heterocycles. The van der Waals surface area contributed by atoms with Crippen LogP contribution < -0.4 is 51.4 Å². The van der Waals surface area contributed by atoms with Crippen molar-refractivity contribution in [3.05, 3.63) is 41.5 Å². The SMILES string of the molecule is COC(=O)c1ccc(S(=O)(=O)[O-])c2cccc(C=O)c12.[K+]. The number of hydrogen-bond acceptors (Lipinski definition) is 6. The quantitative estimate of drug-likeness (QED) is 0.289. The van der Waals surface area contributed by atoms with Crippen LogP contribution in [0.3, 0.4) is 0 Å². The topological polar surface area (TPSA) is 101 Å². The smallest absolute Gasteiger partial charge is 0.744 e. The Morgan fingerprint density at radius 3 is 2.43 bits per heavy atom. The predicted octanol–water partition coefficient (Wildman–Crippen LogP) is -1.65. The summed E-state index contributed by atoms with van der Waals surface area (Å²) in [5.74, 6) is -0.723. The summed E-state index contributed by atoms with van der Waals surface area (Å²) in [6, 6.07) is 6.40. The van der Waals surface area contributed by atoms with Crippen LogP contribution in [0.4, 0.5) is 0 Å². The Bertz CT molecular complexity index is 813. The molecule has 0 radical (unpaired) electrons. The number of ether oxygens (including phenoxy) is 1. The van der Waals surface area contributed by atoms with Gasteiger partial charge in [-0.05, 0) is 12.1 Å². The summed E-state index contributed by atoms with van der Waals surface area (Å²) >= 11 is 0. The third kappa shape index (κ3) is 3.59. The van der Waals surface area contributed by atoms with Crippen LogP contribution in [0.1, 0.15) is 20.7 Å². The van der Waals surface area contributed by atoms with Gasteiger partial charge in [0.05, 0.1) is 17.6 Å². The summed E-state index contributed by atoms with van der Waals surface area (Å²) in [6.07, 6.45) is 0.482. The van der Waals surface area contributed by atoms with E-state index in [1.165, 1.54) is 18.2 Å². The monoisotopic (exact) mass is 332 g/mol. The molecule has 0 aliphatic heterocycles. The van der Waals surface area contributed by atoms with E-state index in [0.717, 1.165) is 19.2 Å². The van der Waals surface area contributed by atoms with Crippen LogP contribution in [0.15, 0.2) is 35.2 Å². The fraction of sp³-hybridized carbons (Fsp3) is 0.0769. The first-order valence-corrected chi connectivity index (χ1v) is 6.86. The zero-order valence-electron chi connectivity index (χ0n) is 11.3. The molecule has 2 aromatic rings. The second kappa shape index (κ2) is 7.10. The molecule has 0 saturated carbocycles. The molecule has 0 aromatic heterocycles. The zero-order valence-corrected chi connectivity index (χ0v) is 15.3. The summed E-state index contributed by atoms with van der Waals surface area (Å²) in [5, 5.41) is 0.110. The van der Waals surface area contributed by atoms with Gasteiger partial charge in [-0.25, -0.2) is 13.2 Å². The van der Waals surface area contributed by atoms with Gasteiger partial charge in [0.25, 0.3) is 0 Å². The Kier molecular flexibility index (Phi) is 6.23. The van der Waals surface area contributed by atoms with E-state index >= 15 is 0 Å². The third-order valence-corrected chi connectivity index (χ3v) is 3.73. The molecule has 2 aromatic carbocycles. The van der Waals surface area contributed by atoms with E-state index in [9.17, 15) is 22.6 Å². The van der Waals surface area contributed by atoms with Gasteiger partial charge in [0.15, 0.2) is 6.29 Å². The van der Waals surface area contributed by atoms with E-state index < -0.39 is 21.0 Å². The van der Waals surface area contributed by atoms with Gasteiger partial charge in [0.2, 0.25) is 0 Å². The molecule has 8 heteroatoms. The minimum absolute atomic E-state index is 0. The van der Waals surface area contributed by atoms with E-state index in [0.29, 0.717) is 6.29 Å². The van der Waals surface area contributed by atoms with E-state index in [4.69, 9.17) is 0 Å². The van der Waals surface area contributed by atoms with Gasteiger partial charge in [-0.3, -0.25) is 4.79 Å². The number of aldehydes is 1. The van der Waals surface area contributed by atoms with Crippen molar-refractivity contribution in [2.24, 2.45) is 0 Å². The molecule has 0 amide bonds. The standard InChI is InChI=1S/C13H10O6S.K/c1-19-13(15)10-5-6-11(20(16,17)18)9-4-2-3-8(7-14)12(9)10;/h2-7H,1H3,(H,16,17,18);/q;+1/p-1. The van der Waals surface area contributed by atoms with Gasteiger partial charge < -0.3 is 9.29 Å². The van der Waals surface area contributed by atoms with Gasteiger partial charge in [-0.1, -0.05) is 18.2 Å². The molecule has 0 aliphatic rings. The van der Waals surface area contributed by atoms with Crippen molar-refractivity contribution in [3.8, 4) is 0 Å². The Morgan fingerprint density at radius 1 is 1.24 bits per heavy atom.